The van der Waals surface area contributed by atoms with Crippen molar-refractivity contribution in [3.05, 3.63) is 12.2 Å². The number of nitrogens with zero attached hydrogens (tertiary/aromatic N) is 1. The van der Waals surface area contributed by atoms with Crippen molar-refractivity contribution in [3.8, 4) is 0 Å². The molecular formula is C7H9N3O. The Kier molecular flexibility index (Phi) is 1.56. The van der Waals surface area contributed by atoms with Gasteiger partial charge in [-0.15, -0.1) is 0 Å². The van der Waals surface area contributed by atoms with Gasteiger partial charge in [0.25, 0.3) is 5.91 Å². The van der Waals surface area contributed by atoms with E-state index in [1.807, 2.05) is 12.2 Å². The molecule has 11 heavy (non-hydrogen) atoms. The highest BCUT2D eigenvalue weighted by Gasteiger charge is 2.31. The second kappa shape index (κ2) is 2.56. The van der Waals surface area contributed by atoms with E-state index < -0.39 is 0 Å². The molecule has 4 heteroatoms. The fourth-order valence-corrected chi connectivity index (χ4v) is 1.32. The van der Waals surface area contributed by atoms with Gasteiger partial charge in [-0.2, -0.15) is 0 Å². The van der Waals surface area contributed by atoms with Crippen molar-refractivity contribution in [2.24, 2.45) is 10.9 Å². The van der Waals surface area contributed by atoms with E-state index in [0.29, 0.717) is 0 Å². The van der Waals surface area contributed by atoms with Gasteiger partial charge >= 0.3 is 0 Å². The molecule has 1 amide bonds. The molecule has 58 valence electrons. The maximum absolute atomic E-state index is 11.2. The highest BCUT2D eigenvalue weighted by atomic mass is 16.1. The quantitative estimate of drug-likeness (QED) is 0.479. The molecule has 0 radical (unpaired) electrons. The lowest BCUT2D eigenvalue weighted by atomic mass is 10.0. The average molecular weight is 151 g/mol. The summed E-state index contributed by atoms with van der Waals surface area (Å²) in [5.74, 6) is 0.162. The van der Waals surface area contributed by atoms with Crippen LogP contribution < -0.4 is 10.9 Å². The van der Waals surface area contributed by atoms with Crippen LogP contribution in [-0.2, 0) is 4.79 Å². The van der Waals surface area contributed by atoms with Gasteiger partial charge in [0.15, 0.2) is 0 Å². The molecule has 0 aliphatic carbocycles. The van der Waals surface area contributed by atoms with Gasteiger partial charge in [-0.3, -0.25) is 10.2 Å². The van der Waals surface area contributed by atoms with Crippen molar-refractivity contribution < 1.29 is 4.79 Å². The molecule has 2 aliphatic rings. The Labute approximate surface area is 64.4 Å². The van der Waals surface area contributed by atoms with E-state index in [9.17, 15) is 4.79 Å². The highest BCUT2D eigenvalue weighted by molar-refractivity contribution is 5.93. The van der Waals surface area contributed by atoms with E-state index in [4.69, 9.17) is 0 Å². The zero-order valence-corrected chi connectivity index (χ0v) is 5.95. The van der Waals surface area contributed by atoms with E-state index in [-0.39, 0.29) is 17.9 Å². The first-order chi connectivity index (χ1) is 5.38. The largest absolute Gasteiger partial charge is 0.271 e. The van der Waals surface area contributed by atoms with Crippen LogP contribution in [0.25, 0.3) is 0 Å². The van der Waals surface area contributed by atoms with Crippen molar-refractivity contribution in [2.75, 3.05) is 6.54 Å². The minimum Gasteiger partial charge on any atom is -0.271 e. The molecular weight excluding hydrogens is 142 g/mol. The van der Waals surface area contributed by atoms with Gasteiger partial charge in [0.05, 0.1) is 0 Å². The summed E-state index contributed by atoms with van der Waals surface area (Å²) in [5.41, 5.74) is 5.81. The smallest absolute Gasteiger partial charge is 0.264 e. The Morgan fingerprint density at radius 2 is 2.55 bits per heavy atom. The first kappa shape index (κ1) is 6.69. The molecule has 0 aromatic rings. The Morgan fingerprint density at radius 1 is 1.64 bits per heavy atom. The monoisotopic (exact) mass is 151 g/mol. The van der Waals surface area contributed by atoms with Crippen LogP contribution in [0.3, 0.4) is 0 Å². The van der Waals surface area contributed by atoms with Crippen LogP contribution in [0.15, 0.2) is 17.1 Å². The Balaban J connectivity index is 2.25. The number of allylic oxidation sites excluding steroid dienone is 1. The molecule has 0 aromatic carbocycles. The number of hydrogen-bond donors (Lipinski definition) is 2. The lowest BCUT2D eigenvalue weighted by Gasteiger charge is -2.07. The molecule has 0 spiro atoms. The van der Waals surface area contributed by atoms with Crippen LogP contribution in [0.1, 0.15) is 0 Å². The Bertz CT molecular complexity index is 234. The number of carbonyl (C=O) groups excluding carboxylic acids is 1. The third-order valence-electron chi connectivity index (χ3n) is 1.94. The summed E-state index contributed by atoms with van der Waals surface area (Å²) >= 11 is 0. The summed E-state index contributed by atoms with van der Waals surface area (Å²) in [5, 5.41) is 0. The molecule has 1 saturated heterocycles. The third kappa shape index (κ3) is 1.10. The van der Waals surface area contributed by atoms with Crippen LogP contribution in [-0.4, -0.2) is 24.7 Å². The van der Waals surface area contributed by atoms with Crippen LogP contribution in [0.5, 0.6) is 0 Å². The first-order valence-electron chi connectivity index (χ1n) is 3.61. The van der Waals surface area contributed by atoms with Gasteiger partial charge in [-0.05, 0) is 6.08 Å². The molecule has 4 nitrogen and oxygen atoms in total. The van der Waals surface area contributed by atoms with Gasteiger partial charge in [0, 0.05) is 18.7 Å². The zero-order valence-electron chi connectivity index (χ0n) is 5.95. The molecule has 2 atom stereocenters. The van der Waals surface area contributed by atoms with Crippen molar-refractivity contribution in [1.82, 2.24) is 10.9 Å². The maximum atomic E-state index is 11.2. The highest BCUT2D eigenvalue weighted by Crippen LogP contribution is 2.12. The van der Waals surface area contributed by atoms with Crippen molar-refractivity contribution >= 4 is 12.1 Å². The second-order valence-electron chi connectivity index (χ2n) is 2.67. The van der Waals surface area contributed by atoms with Crippen molar-refractivity contribution in [3.63, 3.8) is 0 Å². The van der Waals surface area contributed by atoms with E-state index in [1.165, 1.54) is 0 Å². The number of carbonyl (C=O) groups is 1. The predicted molar refractivity (Wildman–Crippen MR) is 41.1 cm³/mol. The van der Waals surface area contributed by atoms with E-state index in [0.717, 1.165) is 6.54 Å². The standard InChI is InChI=1S/C7H9N3O/c11-7-6-5(4-9-10-6)2-1-3-8-7/h1-3,5-6,9-10H,4H2. The summed E-state index contributed by atoms with van der Waals surface area (Å²) < 4.78 is 0. The third-order valence-corrected chi connectivity index (χ3v) is 1.94. The minimum atomic E-state index is -0.162. The van der Waals surface area contributed by atoms with Crippen molar-refractivity contribution in [1.29, 1.82) is 0 Å². The number of fused-ring (bicyclic) bond motifs is 1. The number of hydrogen-bond acceptors (Lipinski definition) is 3. The average Bonchev–Trinajstić information content (AvgIpc) is 2.40. The Morgan fingerprint density at radius 3 is 3.45 bits per heavy atom. The lowest BCUT2D eigenvalue weighted by Crippen LogP contribution is -2.37. The van der Waals surface area contributed by atoms with E-state index in [2.05, 4.69) is 15.8 Å². The normalized spacial score (nSPS) is 35.5. The molecule has 0 bridgehead atoms. The second-order valence-corrected chi connectivity index (χ2v) is 2.67. The molecule has 1 fully saturated rings. The Hall–Kier alpha value is -1.00. The van der Waals surface area contributed by atoms with Gasteiger partial charge in [-0.25, -0.2) is 10.4 Å². The molecule has 2 N–H and O–H groups in total. The van der Waals surface area contributed by atoms with Crippen molar-refractivity contribution in [2.45, 2.75) is 6.04 Å². The van der Waals surface area contributed by atoms with E-state index in [1.54, 1.807) is 6.21 Å². The summed E-state index contributed by atoms with van der Waals surface area (Å²) in [6, 6.07) is -0.162. The summed E-state index contributed by atoms with van der Waals surface area (Å²) in [4.78, 5) is 14.9. The molecule has 0 saturated carbocycles. The van der Waals surface area contributed by atoms with Crippen LogP contribution in [0.2, 0.25) is 0 Å². The minimum absolute atomic E-state index is 0.0926. The van der Waals surface area contributed by atoms with Crippen LogP contribution in [0, 0.1) is 5.92 Å². The van der Waals surface area contributed by atoms with E-state index >= 15 is 0 Å². The SMILES string of the molecule is O=C1N=CC=CC2CNNC12. The number of rotatable bonds is 0. The number of hydrazine groups is 1. The first-order valence-corrected chi connectivity index (χ1v) is 3.61. The fraction of sp³-hybridized carbons (Fsp3) is 0.429. The maximum Gasteiger partial charge on any atom is 0.264 e. The van der Waals surface area contributed by atoms with Gasteiger partial charge in [0.2, 0.25) is 0 Å². The number of nitrogens with one attached hydrogen (secondary N) is 2. The molecule has 2 aliphatic heterocycles. The van der Waals surface area contributed by atoms with Gasteiger partial charge in [0.1, 0.15) is 6.04 Å². The summed E-state index contributed by atoms with van der Waals surface area (Å²) in [7, 11) is 0. The lowest BCUT2D eigenvalue weighted by molar-refractivity contribution is -0.119. The topological polar surface area (TPSA) is 53.5 Å². The fourth-order valence-electron chi connectivity index (χ4n) is 1.32. The molecule has 2 unspecified atom stereocenters. The zero-order chi connectivity index (χ0) is 7.68. The number of aliphatic imine (C=N–C) groups is 1. The van der Waals surface area contributed by atoms with Gasteiger partial charge in [-0.1, -0.05) is 6.08 Å². The summed E-state index contributed by atoms with van der Waals surface area (Å²) in [6.45, 7) is 0.802. The molecule has 2 rings (SSSR count). The predicted octanol–water partition coefficient (Wildman–Crippen LogP) is -0.754. The number of amides is 1. The van der Waals surface area contributed by atoms with Gasteiger partial charge < -0.3 is 0 Å². The summed E-state index contributed by atoms with van der Waals surface area (Å²) in [6.07, 6.45) is 5.35. The van der Waals surface area contributed by atoms with Crippen LogP contribution >= 0.6 is 0 Å². The van der Waals surface area contributed by atoms with Crippen LogP contribution in [0.4, 0.5) is 0 Å². The molecule has 2 heterocycles. The molecule has 0 aromatic heterocycles.